The molecule has 0 N–H and O–H groups in total. The lowest BCUT2D eigenvalue weighted by molar-refractivity contribution is -0.140. The van der Waals surface area contributed by atoms with Crippen LogP contribution in [0, 0.1) is 39.1 Å². The van der Waals surface area contributed by atoms with Crippen molar-refractivity contribution >= 4 is 56.5 Å². The highest BCUT2D eigenvalue weighted by molar-refractivity contribution is 14.1. The second kappa shape index (κ2) is 8.48. The van der Waals surface area contributed by atoms with Crippen molar-refractivity contribution in [3.8, 4) is 11.5 Å². The quantitative estimate of drug-likeness (QED) is 0.194. The lowest BCUT2D eigenvalue weighted by atomic mass is 9.63. The Morgan fingerprint density at radius 3 is 2.35 bits per heavy atom. The fraction of sp³-hybridized carbons (Fsp3) is 0.346. The third-order valence-corrected chi connectivity index (χ3v) is 8.84. The Morgan fingerprint density at radius 2 is 1.74 bits per heavy atom. The molecule has 4 aliphatic carbocycles. The van der Waals surface area contributed by atoms with Crippen molar-refractivity contribution in [3.05, 3.63) is 67.7 Å². The molecule has 34 heavy (non-hydrogen) atoms. The molecule has 7 rings (SSSR count). The highest BCUT2D eigenvalue weighted by atomic mass is 127. The van der Waals surface area contributed by atoms with E-state index in [4.69, 9.17) is 9.47 Å². The first-order valence-electron chi connectivity index (χ1n) is 11.3. The number of imide groups is 1. The summed E-state index contributed by atoms with van der Waals surface area (Å²) in [6.07, 6.45) is 7.04. The van der Waals surface area contributed by atoms with Crippen LogP contribution >= 0.6 is 38.5 Å². The van der Waals surface area contributed by atoms with Gasteiger partial charge in [0.25, 0.3) is 11.8 Å². The number of nitrogens with zero attached hydrogens (tertiary/aromatic N) is 2. The van der Waals surface area contributed by atoms with E-state index >= 15 is 0 Å². The molecule has 1 saturated heterocycles. The van der Waals surface area contributed by atoms with Gasteiger partial charge in [-0.2, -0.15) is 10.1 Å². The lowest BCUT2D eigenvalue weighted by Crippen LogP contribution is -2.40. The number of allylic oxidation sites excluding steroid dienone is 2. The first-order valence-corrected chi connectivity index (χ1v) is 13.2. The number of carbonyl (C=O) groups excluding carboxylic acids is 2. The summed E-state index contributed by atoms with van der Waals surface area (Å²) in [5, 5.41) is 5.44. The molecule has 1 heterocycles. The third-order valence-electron chi connectivity index (χ3n) is 7.51. The smallest absolute Gasteiger partial charge is 0.254 e. The summed E-state index contributed by atoms with van der Waals surface area (Å²) in [5.74, 6) is 1.95. The maximum absolute atomic E-state index is 13.1. The van der Waals surface area contributed by atoms with Gasteiger partial charge in [-0.15, -0.1) is 0 Å². The van der Waals surface area contributed by atoms with Crippen LogP contribution in [0.5, 0.6) is 11.5 Å². The second-order valence-electron chi connectivity index (χ2n) is 9.34. The predicted molar refractivity (Wildman–Crippen MR) is 138 cm³/mol. The number of rotatable bonds is 6. The van der Waals surface area contributed by atoms with E-state index in [2.05, 4.69) is 55.8 Å². The summed E-state index contributed by atoms with van der Waals surface area (Å²) in [7, 11) is 1.59. The molecule has 1 aliphatic heterocycles. The molecular formula is C26H22BrIN2O4. The second-order valence-corrected chi connectivity index (χ2v) is 11.4. The van der Waals surface area contributed by atoms with Crippen LogP contribution in [0.3, 0.4) is 0 Å². The molecule has 2 aromatic carbocycles. The van der Waals surface area contributed by atoms with Gasteiger partial charge in [0.2, 0.25) is 0 Å². The average molecular weight is 633 g/mol. The van der Waals surface area contributed by atoms with Crippen molar-refractivity contribution < 1.29 is 19.1 Å². The van der Waals surface area contributed by atoms with E-state index in [0.29, 0.717) is 29.9 Å². The minimum absolute atomic E-state index is 0.160. The van der Waals surface area contributed by atoms with Gasteiger partial charge in [-0.05, 0) is 88.1 Å². The van der Waals surface area contributed by atoms with E-state index in [0.717, 1.165) is 30.6 Å². The van der Waals surface area contributed by atoms with Crippen molar-refractivity contribution in [1.29, 1.82) is 0 Å². The number of halogens is 2. The molecule has 174 valence electrons. The van der Waals surface area contributed by atoms with Gasteiger partial charge in [0.05, 0.1) is 28.7 Å². The first kappa shape index (κ1) is 22.3. The SMILES string of the molecule is COc1cc(/C=N\N2C(=O)[C@@H]3[C@H]4C=C[C@@H]([C@@H]5C[C@@H]45)[C@H]3C2=O)cc(I)c1OCc1ccc(Br)cc1. The first-order chi connectivity index (χ1) is 16.5. The van der Waals surface area contributed by atoms with Crippen LogP contribution in [0.4, 0.5) is 0 Å². The maximum atomic E-state index is 13.1. The zero-order valence-electron chi connectivity index (χ0n) is 18.4. The van der Waals surface area contributed by atoms with Gasteiger partial charge in [0.15, 0.2) is 11.5 Å². The Bertz CT molecular complexity index is 1210. The minimum atomic E-state index is -0.243. The molecule has 0 unspecified atom stereocenters. The molecule has 2 bridgehead atoms. The van der Waals surface area contributed by atoms with E-state index in [9.17, 15) is 9.59 Å². The Labute approximate surface area is 219 Å². The fourth-order valence-corrected chi connectivity index (χ4v) is 6.92. The normalized spacial score (nSPS) is 30.6. The number of hydrogen-bond acceptors (Lipinski definition) is 5. The van der Waals surface area contributed by atoms with Gasteiger partial charge in [-0.25, -0.2) is 0 Å². The van der Waals surface area contributed by atoms with E-state index in [-0.39, 0.29) is 35.5 Å². The fourth-order valence-electron chi connectivity index (χ4n) is 5.87. The molecule has 3 fully saturated rings. The largest absolute Gasteiger partial charge is 0.493 e. The number of methoxy groups -OCH3 is 1. The van der Waals surface area contributed by atoms with Crippen LogP contribution in [-0.4, -0.2) is 30.1 Å². The van der Waals surface area contributed by atoms with E-state index < -0.39 is 0 Å². The Hall–Kier alpha value is -2.20. The topological polar surface area (TPSA) is 68.2 Å². The number of carbonyl (C=O) groups is 2. The molecule has 0 radical (unpaired) electrons. The molecule has 2 amide bonds. The standard InChI is InChI=1S/C26H22BrIN2O4/c1-33-21-9-14(8-20(28)24(21)34-12-13-2-4-15(27)5-3-13)11-29-30-25(31)22-16-6-7-17(19-10-18(16)19)23(22)26(30)32/h2-9,11,16-19,22-23H,10,12H2,1H3/b29-11-/t16-,17-,18-,19-,22+,23+/m0/s1. The van der Waals surface area contributed by atoms with Crippen LogP contribution in [0.2, 0.25) is 0 Å². The van der Waals surface area contributed by atoms with Crippen molar-refractivity contribution in [3.63, 3.8) is 0 Å². The number of benzene rings is 2. The molecule has 6 nitrogen and oxygen atoms in total. The number of hydrogen-bond donors (Lipinski definition) is 0. The van der Waals surface area contributed by atoms with Crippen molar-refractivity contribution in [2.75, 3.05) is 7.11 Å². The molecule has 2 aromatic rings. The molecule has 5 aliphatic rings. The lowest BCUT2D eigenvalue weighted by Gasteiger charge is -2.37. The molecule has 0 aromatic heterocycles. The number of amides is 2. The number of hydrazone groups is 1. The van der Waals surface area contributed by atoms with Crippen molar-refractivity contribution in [2.45, 2.75) is 13.0 Å². The summed E-state index contributed by atoms with van der Waals surface area (Å²) < 4.78 is 13.5. The van der Waals surface area contributed by atoms with E-state index in [1.807, 2.05) is 30.3 Å². The molecule has 6 atom stereocenters. The Morgan fingerprint density at radius 1 is 1.09 bits per heavy atom. The third kappa shape index (κ3) is 3.61. The van der Waals surface area contributed by atoms with Gasteiger partial charge in [-0.1, -0.05) is 40.2 Å². The van der Waals surface area contributed by atoms with Gasteiger partial charge in [0, 0.05) is 4.47 Å². The van der Waals surface area contributed by atoms with Crippen LogP contribution < -0.4 is 9.47 Å². The summed E-state index contributed by atoms with van der Waals surface area (Å²) in [6, 6.07) is 11.7. The minimum Gasteiger partial charge on any atom is -0.493 e. The summed E-state index contributed by atoms with van der Waals surface area (Å²) in [4.78, 5) is 26.2. The number of ether oxygens (including phenoxy) is 2. The monoisotopic (exact) mass is 632 g/mol. The predicted octanol–water partition coefficient (Wildman–Crippen LogP) is 5.03. The van der Waals surface area contributed by atoms with Crippen LogP contribution in [0.15, 0.2) is 58.1 Å². The van der Waals surface area contributed by atoms with Gasteiger partial charge in [0.1, 0.15) is 6.61 Å². The zero-order chi connectivity index (χ0) is 23.6. The molecular weight excluding hydrogens is 611 g/mol. The maximum Gasteiger partial charge on any atom is 0.254 e. The van der Waals surface area contributed by atoms with Gasteiger partial charge in [-0.3, -0.25) is 9.59 Å². The summed E-state index contributed by atoms with van der Waals surface area (Å²) >= 11 is 5.63. The Kier molecular flexibility index (Phi) is 5.55. The van der Waals surface area contributed by atoms with Gasteiger partial charge < -0.3 is 9.47 Å². The highest BCUT2D eigenvalue weighted by Gasteiger charge is 2.67. The van der Waals surface area contributed by atoms with Crippen molar-refractivity contribution in [2.24, 2.45) is 40.6 Å². The molecule has 8 heteroatoms. The van der Waals surface area contributed by atoms with Crippen LogP contribution in [0.25, 0.3) is 0 Å². The zero-order valence-corrected chi connectivity index (χ0v) is 22.1. The summed E-state index contributed by atoms with van der Waals surface area (Å²) in [5.41, 5.74) is 1.77. The Balaban J connectivity index is 1.20. The van der Waals surface area contributed by atoms with E-state index in [1.54, 1.807) is 19.4 Å². The average Bonchev–Trinajstić information content (AvgIpc) is 3.62. The molecule has 2 saturated carbocycles. The van der Waals surface area contributed by atoms with Crippen molar-refractivity contribution in [1.82, 2.24) is 5.01 Å². The van der Waals surface area contributed by atoms with Crippen LogP contribution in [0.1, 0.15) is 17.5 Å². The van der Waals surface area contributed by atoms with Crippen LogP contribution in [-0.2, 0) is 16.2 Å². The highest BCUT2D eigenvalue weighted by Crippen LogP contribution is 2.65. The summed E-state index contributed by atoms with van der Waals surface area (Å²) in [6.45, 7) is 0.408. The van der Waals surface area contributed by atoms with E-state index in [1.165, 1.54) is 0 Å². The molecule has 0 spiro atoms. The van der Waals surface area contributed by atoms with Gasteiger partial charge >= 0.3 is 0 Å².